The van der Waals surface area contributed by atoms with E-state index in [-0.39, 0.29) is 0 Å². The molecule has 2 heterocycles. The first kappa shape index (κ1) is 14.6. The summed E-state index contributed by atoms with van der Waals surface area (Å²) in [6, 6.07) is 18.0. The third kappa shape index (κ3) is 3.20. The Labute approximate surface area is 138 Å². The number of piperazine rings is 1. The summed E-state index contributed by atoms with van der Waals surface area (Å²) in [5.41, 5.74) is 4.09. The minimum Gasteiger partial charge on any atom is -0.491 e. The average molecular weight is 308 g/mol. The molecule has 1 N–H and O–H groups in total. The van der Waals surface area contributed by atoms with Gasteiger partial charge in [-0.25, -0.2) is 0 Å². The quantitative estimate of drug-likeness (QED) is 0.943. The summed E-state index contributed by atoms with van der Waals surface area (Å²) in [5, 5.41) is 3.51. The Morgan fingerprint density at radius 3 is 2.83 bits per heavy atom. The van der Waals surface area contributed by atoms with E-state index < -0.39 is 0 Å². The van der Waals surface area contributed by atoms with Crippen LogP contribution in [0.5, 0.6) is 5.75 Å². The van der Waals surface area contributed by atoms with Gasteiger partial charge in [0.2, 0.25) is 0 Å². The molecule has 120 valence electrons. The maximum atomic E-state index is 5.99. The highest BCUT2D eigenvalue weighted by Crippen LogP contribution is 2.35. The third-order valence-electron chi connectivity index (χ3n) is 4.94. The zero-order valence-electron chi connectivity index (χ0n) is 13.5. The lowest BCUT2D eigenvalue weighted by molar-refractivity contribution is 0.304. The maximum absolute atomic E-state index is 5.99. The maximum Gasteiger partial charge on any atom is 0.142 e. The minimum absolute atomic E-state index is 0.564. The smallest absolute Gasteiger partial charge is 0.142 e. The second-order valence-corrected chi connectivity index (χ2v) is 6.48. The summed E-state index contributed by atoms with van der Waals surface area (Å²) in [5.74, 6) is 1.05. The topological polar surface area (TPSA) is 24.5 Å². The van der Waals surface area contributed by atoms with Gasteiger partial charge in [0, 0.05) is 32.1 Å². The minimum atomic E-state index is 0.564. The van der Waals surface area contributed by atoms with E-state index >= 15 is 0 Å². The van der Waals surface area contributed by atoms with Crippen molar-refractivity contribution in [3.63, 3.8) is 0 Å². The highest BCUT2D eigenvalue weighted by molar-refractivity contribution is 5.62. The molecule has 4 rings (SSSR count). The molecule has 0 bridgehead atoms. The predicted octanol–water partition coefficient (Wildman–Crippen LogP) is 3.03. The van der Waals surface area contributed by atoms with Gasteiger partial charge in [-0.05, 0) is 36.1 Å². The van der Waals surface area contributed by atoms with E-state index in [9.17, 15) is 0 Å². The SMILES string of the molecule is c1ccc(CCc2ccc3c(c2)N2CCNC[C@@H]2CCO3)cc1. The summed E-state index contributed by atoms with van der Waals surface area (Å²) in [6.07, 6.45) is 3.26. The molecule has 23 heavy (non-hydrogen) atoms. The molecule has 2 aromatic carbocycles. The van der Waals surface area contributed by atoms with E-state index in [2.05, 4.69) is 58.7 Å². The van der Waals surface area contributed by atoms with E-state index in [0.29, 0.717) is 6.04 Å². The molecular weight excluding hydrogens is 284 g/mol. The van der Waals surface area contributed by atoms with Crippen LogP contribution in [0.25, 0.3) is 0 Å². The van der Waals surface area contributed by atoms with Crippen LogP contribution in [-0.2, 0) is 12.8 Å². The standard InChI is InChI=1S/C20H24N2O/c1-2-4-16(5-3-1)6-7-17-8-9-20-19(14-17)22-12-11-21-15-18(22)10-13-23-20/h1-5,8-9,14,18,21H,6-7,10-13,15H2/t18-/m0/s1. The van der Waals surface area contributed by atoms with Crippen LogP contribution in [0.1, 0.15) is 17.5 Å². The number of anilines is 1. The molecule has 0 unspecified atom stereocenters. The normalized spacial score (nSPS) is 20.2. The highest BCUT2D eigenvalue weighted by Gasteiger charge is 2.27. The van der Waals surface area contributed by atoms with Crippen LogP contribution in [0.15, 0.2) is 48.5 Å². The predicted molar refractivity (Wildman–Crippen MR) is 94.4 cm³/mol. The van der Waals surface area contributed by atoms with Crippen molar-refractivity contribution in [3.8, 4) is 5.75 Å². The van der Waals surface area contributed by atoms with Gasteiger partial charge in [-0.2, -0.15) is 0 Å². The molecular formula is C20H24N2O. The molecule has 1 saturated heterocycles. The molecule has 3 nitrogen and oxygen atoms in total. The number of rotatable bonds is 3. The Morgan fingerprint density at radius 2 is 1.91 bits per heavy atom. The Kier molecular flexibility index (Phi) is 4.20. The summed E-state index contributed by atoms with van der Waals surface area (Å²) >= 11 is 0. The van der Waals surface area contributed by atoms with Crippen molar-refractivity contribution >= 4 is 5.69 Å². The van der Waals surface area contributed by atoms with Crippen LogP contribution in [0.3, 0.4) is 0 Å². The number of hydrogen-bond acceptors (Lipinski definition) is 3. The molecule has 0 amide bonds. The van der Waals surface area contributed by atoms with Crippen molar-refractivity contribution in [1.82, 2.24) is 5.32 Å². The Morgan fingerprint density at radius 1 is 1.04 bits per heavy atom. The van der Waals surface area contributed by atoms with E-state index in [0.717, 1.165) is 51.3 Å². The molecule has 2 aliphatic heterocycles. The number of fused-ring (bicyclic) bond motifs is 3. The lowest BCUT2D eigenvalue weighted by Gasteiger charge is -2.36. The summed E-state index contributed by atoms with van der Waals surface area (Å²) in [4.78, 5) is 2.55. The Bertz CT molecular complexity index is 656. The first-order valence-corrected chi connectivity index (χ1v) is 8.67. The number of nitrogens with zero attached hydrogens (tertiary/aromatic N) is 1. The first-order chi connectivity index (χ1) is 11.4. The molecule has 0 aromatic heterocycles. The van der Waals surface area contributed by atoms with Crippen molar-refractivity contribution in [2.24, 2.45) is 0 Å². The van der Waals surface area contributed by atoms with Gasteiger partial charge in [-0.3, -0.25) is 0 Å². The molecule has 1 fully saturated rings. The molecule has 0 spiro atoms. The van der Waals surface area contributed by atoms with E-state index in [1.54, 1.807) is 0 Å². The van der Waals surface area contributed by atoms with Gasteiger partial charge >= 0.3 is 0 Å². The van der Waals surface area contributed by atoms with Crippen molar-refractivity contribution < 1.29 is 4.74 Å². The van der Waals surface area contributed by atoms with Crippen LogP contribution in [0.2, 0.25) is 0 Å². The van der Waals surface area contributed by atoms with Gasteiger partial charge < -0.3 is 15.0 Å². The largest absolute Gasteiger partial charge is 0.491 e. The summed E-state index contributed by atoms with van der Waals surface area (Å²) in [6.45, 7) is 4.02. The average Bonchev–Trinajstić information content (AvgIpc) is 2.80. The fraction of sp³-hybridized carbons (Fsp3) is 0.400. The first-order valence-electron chi connectivity index (χ1n) is 8.67. The van der Waals surface area contributed by atoms with Gasteiger partial charge in [-0.1, -0.05) is 36.4 Å². The lowest BCUT2D eigenvalue weighted by Crippen LogP contribution is -2.51. The Balaban J connectivity index is 1.55. The molecule has 3 heteroatoms. The van der Waals surface area contributed by atoms with Crippen LogP contribution in [0.4, 0.5) is 5.69 Å². The van der Waals surface area contributed by atoms with Gasteiger partial charge in [0.15, 0.2) is 0 Å². The van der Waals surface area contributed by atoms with Crippen LogP contribution in [-0.4, -0.2) is 32.3 Å². The summed E-state index contributed by atoms with van der Waals surface area (Å²) < 4.78 is 5.99. The summed E-state index contributed by atoms with van der Waals surface area (Å²) in [7, 11) is 0. The number of hydrogen-bond donors (Lipinski definition) is 1. The molecule has 2 aliphatic rings. The van der Waals surface area contributed by atoms with Crippen molar-refractivity contribution in [2.75, 3.05) is 31.1 Å². The van der Waals surface area contributed by atoms with Crippen LogP contribution in [0, 0.1) is 0 Å². The highest BCUT2D eigenvalue weighted by atomic mass is 16.5. The van der Waals surface area contributed by atoms with Crippen molar-refractivity contribution in [1.29, 1.82) is 0 Å². The molecule has 0 aliphatic carbocycles. The second-order valence-electron chi connectivity index (χ2n) is 6.48. The zero-order valence-corrected chi connectivity index (χ0v) is 13.5. The fourth-order valence-electron chi connectivity index (χ4n) is 3.64. The van der Waals surface area contributed by atoms with Gasteiger partial charge in [-0.15, -0.1) is 0 Å². The number of ether oxygens (including phenoxy) is 1. The fourth-order valence-corrected chi connectivity index (χ4v) is 3.64. The van der Waals surface area contributed by atoms with Gasteiger partial charge in [0.05, 0.1) is 12.3 Å². The zero-order chi connectivity index (χ0) is 15.5. The van der Waals surface area contributed by atoms with Crippen LogP contribution >= 0.6 is 0 Å². The Hall–Kier alpha value is -2.00. The molecule has 0 saturated carbocycles. The van der Waals surface area contributed by atoms with E-state index in [1.165, 1.54) is 16.8 Å². The molecule has 2 aromatic rings. The van der Waals surface area contributed by atoms with Gasteiger partial charge in [0.1, 0.15) is 5.75 Å². The van der Waals surface area contributed by atoms with Crippen molar-refractivity contribution in [2.45, 2.75) is 25.3 Å². The molecule has 1 atom stereocenters. The number of benzene rings is 2. The van der Waals surface area contributed by atoms with E-state index in [1.807, 2.05) is 0 Å². The van der Waals surface area contributed by atoms with Crippen molar-refractivity contribution in [3.05, 3.63) is 59.7 Å². The van der Waals surface area contributed by atoms with Crippen LogP contribution < -0.4 is 15.0 Å². The monoisotopic (exact) mass is 308 g/mol. The molecule has 0 radical (unpaired) electrons. The van der Waals surface area contributed by atoms with Gasteiger partial charge in [0.25, 0.3) is 0 Å². The number of nitrogens with one attached hydrogen (secondary N) is 1. The number of aryl methyl sites for hydroxylation is 2. The second kappa shape index (κ2) is 6.63. The van der Waals surface area contributed by atoms with E-state index in [4.69, 9.17) is 4.74 Å². The lowest BCUT2D eigenvalue weighted by atomic mass is 10.0. The third-order valence-corrected chi connectivity index (χ3v) is 4.94.